The Balaban J connectivity index is 1.95. The van der Waals surface area contributed by atoms with Gasteiger partial charge < -0.3 is 10.2 Å². The fourth-order valence-electron chi connectivity index (χ4n) is 2.46. The number of alkyl halides is 2. The minimum atomic E-state index is -4.01. The van der Waals surface area contributed by atoms with E-state index in [-0.39, 0.29) is 6.54 Å². The number of rotatable bonds is 4. The second-order valence-electron chi connectivity index (χ2n) is 5.45. The molecule has 0 aromatic heterocycles. The highest BCUT2D eigenvalue weighted by Gasteiger charge is 2.49. The number of likely N-dealkylation sites (tertiary alicyclic amines) is 1. The smallest absolute Gasteiger partial charge is 0.346 e. The van der Waals surface area contributed by atoms with E-state index in [0.717, 1.165) is 17.7 Å². The zero-order chi connectivity index (χ0) is 16.0. The lowest BCUT2D eigenvalue weighted by Crippen LogP contribution is -2.52. The van der Waals surface area contributed by atoms with Crippen LogP contribution >= 0.6 is 0 Å². The third kappa shape index (κ3) is 4.02. The summed E-state index contributed by atoms with van der Waals surface area (Å²) in [4.78, 5) is 24.7. The van der Waals surface area contributed by atoms with Gasteiger partial charge in [0.25, 0.3) is 0 Å². The Kier molecular flexibility index (Phi) is 5.46. The van der Waals surface area contributed by atoms with Crippen LogP contribution in [0.2, 0.25) is 0 Å². The molecule has 1 heterocycles. The largest absolute Gasteiger partial charge is 0.400 e. The maximum Gasteiger partial charge on any atom is 0.400 e. The number of hydrogen-bond donors (Lipinski definition) is 1. The SMILES string of the molecule is O=C(NCc1ccccc1)C(F)(F)C(=O)N1CCCCCC1. The minimum Gasteiger partial charge on any atom is -0.346 e. The molecular formula is C16H20F2N2O2. The van der Waals surface area contributed by atoms with Gasteiger partial charge in [0.05, 0.1) is 0 Å². The molecule has 1 N–H and O–H groups in total. The van der Waals surface area contributed by atoms with Crippen LogP contribution in [0.5, 0.6) is 0 Å². The normalized spacial score (nSPS) is 16.0. The third-order valence-corrected chi connectivity index (χ3v) is 3.74. The van der Waals surface area contributed by atoms with Crippen molar-refractivity contribution >= 4 is 11.8 Å². The van der Waals surface area contributed by atoms with Gasteiger partial charge >= 0.3 is 17.7 Å². The molecule has 0 unspecified atom stereocenters. The number of hydrogen-bond acceptors (Lipinski definition) is 2. The summed E-state index contributed by atoms with van der Waals surface area (Å²) in [6.07, 6.45) is 3.26. The lowest BCUT2D eigenvalue weighted by molar-refractivity contribution is -0.167. The highest BCUT2D eigenvalue weighted by atomic mass is 19.3. The first-order valence-electron chi connectivity index (χ1n) is 7.51. The third-order valence-electron chi connectivity index (χ3n) is 3.74. The Bertz CT molecular complexity index is 512. The maximum atomic E-state index is 14.0. The van der Waals surface area contributed by atoms with E-state index in [1.54, 1.807) is 30.3 Å². The average Bonchev–Trinajstić information content (AvgIpc) is 2.81. The van der Waals surface area contributed by atoms with Crippen molar-refractivity contribution in [1.82, 2.24) is 10.2 Å². The topological polar surface area (TPSA) is 49.4 Å². The van der Waals surface area contributed by atoms with E-state index < -0.39 is 17.7 Å². The van der Waals surface area contributed by atoms with Crippen LogP contribution in [0, 0.1) is 0 Å². The molecule has 0 saturated carbocycles. The van der Waals surface area contributed by atoms with Gasteiger partial charge in [0.1, 0.15) is 0 Å². The van der Waals surface area contributed by atoms with Gasteiger partial charge in [-0.2, -0.15) is 8.78 Å². The van der Waals surface area contributed by atoms with Crippen molar-refractivity contribution in [3.05, 3.63) is 35.9 Å². The summed E-state index contributed by atoms with van der Waals surface area (Å²) in [6, 6.07) is 8.73. The van der Waals surface area contributed by atoms with Gasteiger partial charge in [-0.25, -0.2) is 0 Å². The van der Waals surface area contributed by atoms with Crippen LogP contribution in [0.15, 0.2) is 30.3 Å². The van der Waals surface area contributed by atoms with Gasteiger partial charge in [-0.1, -0.05) is 43.2 Å². The molecule has 0 radical (unpaired) electrons. The molecule has 2 rings (SSSR count). The fraction of sp³-hybridized carbons (Fsp3) is 0.500. The first-order chi connectivity index (χ1) is 10.5. The molecule has 1 aromatic carbocycles. The van der Waals surface area contributed by atoms with Gasteiger partial charge in [0.15, 0.2) is 0 Å². The van der Waals surface area contributed by atoms with Crippen molar-refractivity contribution in [2.24, 2.45) is 0 Å². The molecule has 6 heteroatoms. The second kappa shape index (κ2) is 7.33. The number of halogens is 2. The van der Waals surface area contributed by atoms with Crippen molar-refractivity contribution in [3.8, 4) is 0 Å². The van der Waals surface area contributed by atoms with E-state index in [9.17, 15) is 18.4 Å². The van der Waals surface area contributed by atoms with Crippen LogP contribution < -0.4 is 5.32 Å². The predicted octanol–water partition coefficient (Wildman–Crippen LogP) is 2.34. The average molecular weight is 310 g/mol. The highest BCUT2D eigenvalue weighted by Crippen LogP contribution is 2.20. The highest BCUT2D eigenvalue weighted by molar-refractivity contribution is 6.06. The Morgan fingerprint density at radius 2 is 1.64 bits per heavy atom. The van der Waals surface area contributed by atoms with Gasteiger partial charge in [-0.05, 0) is 18.4 Å². The van der Waals surface area contributed by atoms with Crippen molar-refractivity contribution in [2.75, 3.05) is 13.1 Å². The number of carbonyl (C=O) groups is 2. The first kappa shape index (κ1) is 16.4. The van der Waals surface area contributed by atoms with E-state index in [0.29, 0.717) is 31.5 Å². The number of carbonyl (C=O) groups excluding carboxylic acids is 2. The molecule has 1 saturated heterocycles. The zero-order valence-corrected chi connectivity index (χ0v) is 12.4. The quantitative estimate of drug-likeness (QED) is 0.868. The Morgan fingerprint density at radius 1 is 1.05 bits per heavy atom. The predicted molar refractivity (Wildman–Crippen MR) is 78.3 cm³/mol. The molecule has 1 aliphatic rings. The fourth-order valence-corrected chi connectivity index (χ4v) is 2.46. The number of nitrogens with one attached hydrogen (secondary N) is 1. The minimum absolute atomic E-state index is 0.0253. The maximum absolute atomic E-state index is 14.0. The number of nitrogens with zero attached hydrogens (tertiary/aromatic N) is 1. The summed E-state index contributed by atoms with van der Waals surface area (Å²) >= 11 is 0. The summed E-state index contributed by atoms with van der Waals surface area (Å²) in [7, 11) is 0. The molecule has 0 aliphatic carbocycles. The molecule has 2 amide bonds. The first-order valence-corrected chi connectivity index (χ1v) is 7.51. The molecule has 22 heavy (non-hydrogen) atoms. The molecule has 4 nitrogen and oxygen atoms in total. The molecule has 0 spiro atoms. The van der Waals surface area contributed by atoms with Crippen LogP contribution in [0.25, 0.3) is 0 Å². The molecule has 1 aromatic rings. The molecule has 0 atom stereocenters. The second-order valence-corrected chi connectivity index (χ2v) is 5.45. The molecule has 1 fully saturated rings. The number of amides is 2. The summed E-state index contributed by atoms with van der Waals surface area (Å²) in [5.41, 5.74) is 0.703. The summed E-state index contributed by atoms with van der Waals surface area (Å²) in [5, 5.41) is 2.14. The summed E-state index contributed by atoms with van der Waals surface area (Å²) < 4.78 is 28.1. The van der Waals surface area contributed by atoms with Crippen LogP contribution in [-0.2, 0) is 16.1 Å². The Morgan fingerprint density at radius 3 is 2.23 bits per heavy atom. The van der Waals surface area contributed by atoms with Gasteiger partial charge in [0, 0.05) is 19.6 Å². The number of benzene rings is 1. The molecule has 1 aliphatic heterocycles. The van der Waals surface area contributed by atoms with Crippen molar-refractivity contribution < 1.29 is 18.4 Å². The molecule has 120 valence electrons. The van der Waals surface area contributed by atoms with Crippen LogP contribution in [0.1, 0.15) is 31.2 Å². The molecule has 0 bridgehead atoms. The summed E-state index contributed by atoms with van der Waals surface area (Å²) in [5.74, 6) is -6.94. The van der Waals surface area contributed by atoms with E-state index in [2.05, 4.69) is 5.32 Å². The zero-order valence-electron chi connectivity index (χ0n) is 12.4. The van der Waals surface area contributed by atoms with Crippen molar-refractivity contribution in [3.63, 3.8) is 0 Å². The standard InChI is InChI=1S/C16H20F2N2O2/c17-16(18,15(22)20-10-6-1-2-7-11-20)14(21)19-12-13-8-4-3-5-9-13/h3-5,8-9H,1-2,6-7,10-12H2,(H,19,21). The van der Waals surface area contributed by atoms with Crippen LogP contribution in [0.3, 0.4) is 0 Å². The van der Waals surface area contributed by atoms with Crippen molar-refractivity contribution in [1.29, 1.82) is 0 Å². The van der Waals surface area contributed by atoms with E-state index in [4.69, 9.17) is 0 Å². The lowest BCUT2D eigenvalue weighted by Gasteiger charge is -2.25. The summed E-state index contributed by atoms with van der Waals surface area (Å²) in [6.45, 7) is 0.559. The Hall–Kier alpha value is -1.98. The Labute approximate surface area is 128 Å². The van der Waals surface area contributed by atoms with E-state index in [1.807, 2.05) is 0 Å². The van der Waals surface area contributed by atoms with E-state index in [1.165, 1.54) is 0 Å². The lowest BCUT2D eigenvalue weighted by atomic mass is 10.2. The van der Waals surface area contributed by atoms with E-state index >= 15 is 0 Å². The monoisotopic (exact) mass is 310 g/mol. The van der Waals surface area contributed by atoms with Crippen LogP contribution in [0.4, 0.5) is 8.78 Å². The van der Waals surface area contributed by atoms with Gasteiger partial charge in [0.2, 0.25) is 0 Å². The molecular weight excluding hydrogens is 290 g/mol. The van der Waals surface area contributed by atoms with Crippen LogP contribution in [-0.4, -0.2) is 35.7 Å². The van der Waals surface area contributed by atoms with Gasteiger partial charge in [-0.15, -0.1) is 0 Å². The van der Waals surface area contributed by atoms with Crippen molar-refractivity contribution in [2.45, 2.75) is 38.2 Å². The van der Waals surface area contributed by atoms with Gasteiger partial charge in [-0.3, -0.25) is 9.59 Å².